The van der Waals surface area contributed by atoms with Crippen LogP contribution >= 0.6 is 0 Å². The Labute approximate surface area is 118 Å². The minimum Gasteiger partial charge on any atom is -0.490 e. The fourth-order valence-corrected chi connectivity index (χ4v) is 3.06. The molecular formula is C13H18N2O4S. The molecule has 110 valence electrons. The summed E-state index contributed by atoms with van der Waals surface area (Å²) in [6.07, 6.45) is 0.139. The number of hydrogen-bond donors (Lipinski definition) is 1. The first kappa shape index (κ1) is 14.8. The molecule has 0 atom stereocenters. The molecule has 0 saturated carbocycles. The number of fused-ring (bicyclic) bond motifs is 1. The van der Waals surface area contributed by atoms with Crippen molar-refractivity contribution in [1.29, 1.82) is 0 Å². The van der Waals surface area contributed by atoms with Gasteiger partial charge in [-0.1, -0.05) is 12.1 Å². The molecule has 1 aromatic rings. The largest absolute Gasteiger partial charge is 0.490 e. The summed E-state index contributed by atoms with van der Waals surface area (Å²) in [6.45, 7) is 4.71. The molecule has 0 spiro atoms. The fraction of sp³-hybridized carbons (Fsp3) is 0.462. The molecule has 0 bridgehead atoms. The molecule has 7 heteroatoms. The predicted octanol–water partition coefficient (Wildman–Crippen LogP) is 1.04. The summed E-state index contributed by atoms with van der Waals surface area (Å²) in [4.78, 5) is 0. The molecule has 20 heavy (non-hydrogen) atoms. The molecule has 0 saturated heterocycles. The number of nitrogens with zero attached hydrogens (tertiary/aromatic N) is 1. The van der Waals surface area contributed by atoms with Crippen LogP contribution in [0.3, 0.4) is 0 Å². The van der Waals surface area contributed by atoms with Crippen LogP contribution in [0, 0.1) is 0 Å². The van der Waals surface area contributed by atoms with Crippen LogP contribution in [0.4, 0.5) is 0 Å². The molecule has 2 N–H and O–H groups in total. The highest BCUT2D eigenvalue weighted by Gasteiger charge is 2.24. The maximum Gasteiger partial charge on any atom is 0.259 e. The first-order chi connectivity index (χ1) is 9.39. The summed E-state index contributed by atoms with van der Waals surface area (Å²) in [7, 11) is -3.52. The number of sulfonamides is 1. The van der Waals surface area contributed by atoms with Crippen molar-refractivity contribution < 1.29 is 17.9 Å². The van der Waals surface area contributed by atoms with Crippen molar-refractivity contribution in [3.8, 4) is 5.75 Å². The van der Waals surface area contributed by atoms with Crippen molar-refractivity contribution >= 4 is 15.9 Å². The topological polar surface area (TPSA) is 91.0 Å². The van der Waals surface area contributed by atoms with Gasteiger partial charge in [0.1, 0.15) is 18.2 Å². The zero-order valence-electron chi connectivity index (χ0n) is 11.5. The smallest absolute Gasteiger partial charge is 0.259 e. The number of rotatable bonds is 5. The third kappa shape index (κ3) is 3.49. The summed E-state index contributed by atoms with van der Waals surface area (Å²) in [5, 5.41) is 0. The average Bonchev–Trinajstić information content (AvgIpc) is 2.32. The van der Waals surface area contributed by atoms with Crippen LogP contribution < -0.4 is 10.5 Å². The molecule has 0 amide bonds. The molecule has 0 radical (unpaired) electrons. The number of ether oxygens (including phenoxy) is 2. The van der Waals surface area contributed by atoms with Gasteiger partial charge in [0.15, 0.2) is 0 Å². The van der Waals surface area contributed by atoms with Crippen LogP contribution in [0.15, 0.2) is 22.6 Å². The van der Waals surface area contributed by atoms with Crippen molar-refractivity contribution in [3.05, 3.63) is 29.3 Å². The van der Waals surface area contributed by atoms with Crippen LogP contribution in [0.2, 0.25) is 0 Å². The van der Waals surface area contributed by atoms with Gasteiger partial charge in [-0.25, -0.2) is 8.42 Å². The van der Waals surface area contributed by atoms with Gasteiger partial charge in [-0.2, -0.15) is 0 Å². The maximum absolute atomic E-state index is 11.5. The van der Waals surface area contributed by atoms with Crippen LogP contribution in [-0.2, 0) is 20.5 Å². The second-order valence-corrected chi connectivity index (χ2v) is 6.40. The van der Waals surface area contributed by atoms with Gasteiger partial charge in [0.05, 0.1) is 24.0 Å². The lowest BCUT2D eigenvalue weighted by atomic mass is 10.1. The van der Waals surface area contributed by atoms with Crippen LogP contribution in [-0.4, -0.2) is 33.6 Å². The number of nitrogens with two attached hydrogens (primary N) is 1. The number of hydrogen-bond acceptors (Lipinski definition) is 5. The zero-order valence-corrected chi connectivity index (χ0v) is 12.3. The molecule has 2 rings (SSSR count). The van der Waals surface area contributed by atoms with E-state index in [9.17, 15) is 8.42 Å². The van der Waals surface area contributed by atoms with E-state index in [0.717, 1.165) is 0 Å². The zero-order chi connectivity index (χ0) is 14.8. The second-order valence-electron chi connectivity index (χ2n) is 4.76. The molecule has 1 aliphatic rings. The fourth-order valence-electron chi connectivity index (χ4n) is 1.97. The van der Waals surface area contributed by atoms with Crippen LogP contribution in [0.5, 0.6) is 5.75 Å². The Morgan fingerprint density at radius 3 is 2.80 bits per heavy atom. The van der Waals surface area contributed by atoms with Crippen molar-refractivity contribution in [2.45, 2.75) is 25.7 Å². The molecule has 0 unspecified atom stereocenters. The Hall–Kier alpha value is -1.60. The minimum absolute atomic E-state index is 0.0216. The molecule has 0 aromatic heterocycles. The Balaban J connectivity index is 2.17. The van der Waals surface area contributed by atoms with E-state index in [-0.39, 0.29) is 17.7 Å². The van der Waals surface area contributed by atoms with Crippen molar-refractivity contribution in [2.75, 3.05) is 13.2 Å². The molecule has 6 nitrogen and oxygen atoms in total. The van der Waals surface area contributed by atoms with Gasteiger partial charge in [-0.05, 0) is 25.5 Å². The van der Waals surface area contributed by atoms with E-state index < -0.39 is 10.0 Å². The highest BCUT2D eigenvalue weighted by atomic mass is 32.2. The van der Waals surface area contributed by atoms with Gasteiger partial charge in [-0.3, -0.25) is 0 Å². The van der Waals surface area contributed by atoms with Gasteiger partial charge in [0, 0.05) is 0 Å². The predicted molar refractivity (Wildman–Crippen MR) is 76.4 cm³/mol. The van der Waals surface area contributed by atoms with E-state index in [1.165, 1.54) is 0 Å². The van der Waals surface area contributed by atoms with E-state index in [1.807, 2.05) is 13.8 Å². The van der Waals surface area contributed by atoms with E-state index >= 15 is 0 Å². The van der Waals surface area contributed by atoms with Gasteiger partial charge >= 0.3 is 0 Å². The summed E-state index contributed by atoms with van der Waals surface area (Å²) in [5.41, 5.74) is 6.91. The summed E-state index contributed by atoms with van der Waals surface area (Å²) in [6, 6.07) is 5.20. The lowest BCUT2D eigenvalue weighted by molar-refractivity contribution is 0.0552. The van der Waals surface area contributed by atoms with Crippen LogP contribution in [0.1, 0.15) is 25.0 Å². The first-order valence-corrected chi connectivity index (χ1v) is 7.95. The van der Waals surface area contributed by atoms with Crippen molar-refractivity contribution in [2.24, 2.45) is 10.1 Å². The monoisotopic (exact) mass is 298 g/mol. The van der Waals surface area contributed by atoms with E-state index in [1.54, 1.807) is 18.2 Å². The van der Waals surface area contributed by atoms with Crippen molar-refractivity contribution in [1.82, 2.24) is 0 Å². The van der Waals surface area contributed by atoms with E-state index in [0.29, 0.717) is 30.1 Å². The Morgan fingerprint density at radius 1 is 1.35 bits per heavy atom. The molecule has 1 aliphatic heterocycles. The van der Waals surface area contributed by atoms with Gasteiger partial charge in [-0.15, -0.1) is 4.40 Å². The SMILES string of the molecule is CC(C)OCCOc1cccc2c1C(N)=NS(=O)(=O)C2. The third-order valence-corrected chi connectivity index (χ3v) is 3.89. The first-order valence-electron chi connectivity index (χ1n) is 6.34. The van der Waals surface area contributed by atoms with E-state index in [4.69, 9.17) is 15.2 Å². The lowest BCUT2D eigenvalue weighted by Crippen LogP contribution is -2.25. The molecule has 0 fully saturated rings. The molecule has 1 heterocycles. The third-order valence-electron chi connectivity index (χ3n) is 2.74. The molecule has 1 aromatic carbocycles. The number of benzene rings is 1. The quantitative estimate of drug-likeness (QED) is 0.820. The Morgan fingerprint density at radius 2 is 2.10 bits per heavy atom. The van der Waals surface area contributed by atoms with Gasteiger partial charge in [0.25, 0.3) is 10.0 Å². The normalized spacial score (nSPS) is 16.6. The summed E-state index contributed by atoms with van der Waals surface area (Å²) < 4.78 is 37.6. The van der Waals surface area contributed by atoms with Gasteiger partial charge in [0.2, 0.25) is 0 Å². The molecule has 0 aliphatic carbocycles. The average molecular weight is 298 g/mol. The summed E-state index contributed by atoms with van der Waals surface area (Å²) in [5.74, 6) is 0.362. The van der Waals surface area contributed by atoms with Crippen LogP contribution in [0.25, 0.3) is 0 Å². The minimum atomic E-state index is -3.52. The maximum atomic E-state index is 11.5. The number of amidine groups is 1. The standard InChI is InChI=1S/C13H18N2O4S/c1-9(2)18-6-7-19-11-5-3-4-10-8-20(16,17)15-13(14)12(10)11/h3-5,9H,6-8H2,1-2H3,(H2,14,15). The van der Waals surface area contributed by atoms with E-state index in [2.05, 4.69) is 4.40 Å². The highest BCUT2D eigenvalue weighted by Crippen LogP contribution is 2.27. The molecular weight excluding hydrogens is 280 g/mol. The Kier molecular flexibility index (Phi) is 4.29. The Bertz CT molecular complexity index is 623. The van der Waals surface area contributed by atoms with Crippen molar-refractivity contribution in [3.63, 3.8) is 0 Å². The second kappa shape index (κ2) is 5.80. The summed E-state index contributed by atoms with van der Waals surface area (Å²) >= 11 is 0. The highest BCUT2D eigenvalue weighted by molar-refractivity contribution is 7.89. The van der Waals surface area contributed by atoms with Gasteiger partial charge < -0.3 is 15.2 Å². The lowest BCUT2D eigenvalue weighted by Gasteiger charge is -2.18.